The second-order valence-corrected chi connectivity index (χ2v) is 9.62. The van der Waals surface area contributed by atoms with Crippen LogP contribution in [-0.4, -0.2) is 73.0 Å². The number of hydrogen-bond donors (Lipinski definition) is 3. The third-order valence-corrected chi connectivity index (χ3v) is 7.48. The van der Waals surface area contributed by atoms with Crippen LogP contribution in [0.25, 0.3) is 10.9 Å². The van der Waals surface area contributed by atoms with E-state index >= 15 is 0 Å². The Morgan fingerprint density at radius 3 is 2.83 bits per heavy atom. The van der Waals surface area contributed by atoms with Gasteiger partial charge in [-0.05, 0) is 55.7 Å². The normalized spacial score (nSPS) is 26.0. The van der Waals surface area contributed by atoms with Crippen molar-refractivity contribution in [1.82, 2.24) is 20.5 Å². The van der Waals surface area contributed by atoms with E-state index in [0.717, 1.165) is 23.7 Å². The summed E-state index contributed by atoms with van der Waals surface area (Å²) in [6.45, 7) is 1.11. The number of esters is 1. The molecule has 3 aliphatic rings. The second-order valence-electron chi connectivity index (χ2n) is 9.62. The number of aromatic amines is 1. The molecule has 3 heterocycles. The Labute approximate surface area is 202 Å². The molecule has 0 spiro atoms. The van der Waals surface area contributed by atoms with Gasteiger partial charge in [0.1, 0.15) is 23.5 Å². The largest absolute Gasteiger partial charge is 0.496 e. The number of benzene rings is 1. The first-order valence-corrected chi connectivity index (χ1v) is 12.0. The average Bonchev–Trinajstić information content (AvgIpc) is 3.31. The minimum atomic E-state index is -0.951. The van der Waals surface area contributed by atoms with E-state index in [1.54, 1.807) is 18.1 Å². The quantitative estimate of drug-likeness (QED) is 0.509. The standard InChI is InChI=1S/C25H30N4O6/c1-34-20-7-3-6-17-16(20)11-18(27-17)24(32)29-12-14-9-15(14)21(29)23(31)28-19(25(33)35-2)10-13-5-4-8-26-22(13)30/h3,6-7,11,13-15,19,21,27H,4-5,8-10,12H2,1-2H3,(H,26,30)(H,28,31)/t13-,14-,15-,19-,21-/m0/s1. The van der Waals surface area contributed by atoms with E-state index < -0.39 is 18.1 Å². The number of nitrogens with one attached hydrogen (secondary N) is 3. The molecular formula is C25H30N4O6. The van der Waals surface area contributed by atoms with Crippen molar-refractivity contribution in [2.45, 2.75) is 37.8 Å². The number of piperidine rings is 2. The van der Waals surface area contributed by atoms with Gasteiger partial charge < -0.3 is 30.0 Å². The van der Waals surface area contributed by atoms with Gasteiger partial charge >= 0.3 is 5.97 Å². The maximum Gasteiger partial charge on any atom is 0.328 e. The van der Waals surface area contributed by atoms with E-state index in [9.17, 15) is 19.2 Å². The number of hydrogen-bond acceptors (Lipinski definition) is 6. The van der Waals surface area contributed by atoms with Gasteiger partial charge in [-0.1, -0.05) is 6.07 Å². The fraction of sp³-hybridized carbons (Fsp3) is 0.520. The highest BCUT2D eigenvalue weighted by atomic mass is 16.5. The molecule has 0 unspecified atom stereocenters. The molecule has 3 N–H and O–H groups in total. The Morgan fingerprint density at radius 2 is 2.09 bits per heavy atom. The molecule has 2 saturated heterocycles. The molecule has 186 valence electrons. The van der Waals surface area contributed by atoms with Crippen LogP contribution >= 0.6 is 0 Å². The molecule has 10 heteroatoms. The van der Waals surface area contributed by atoms with Gasteiger partial charge in [-0.25, -0.2) is 4.79 Å². The van der Waals surface area contributed by atoms with Gasteiger partial charge in [0.25, 0.3) is 5.91 Å². The molecule has 2 aromatic rings. The number of fused-ring (bicyclic) bond motifs is 2. The van der Waals surface area contributed by atoms with Gasteiger partial charge in [0.2, 0.25) is 11.8 Å². The van der Waals surface area contributed by atoms with Gasteiger partial charge in [-0.2, -0.15) is 0 Å². The fourth-order valence-corrected chi connectivity index (χ4v) is 5.54. The first-order valence-electron chi connectivity index (χ1n) is 12.0. The molecule has 3 amide bonds. The third kappa shape index (κ3) is 4.33. The lowest BCUT2D eigenvalue weighted by molar-refractivity contribution is -0.146. The fourth-order valence-electron chi connectivity index (χ4n) is 5.54. The molecule has 0 bridgehead atoms. The number of carbonyl (C=O) groups excluding carboxylic acids is 4. The van der Waals surface area contributed by atoms with Crippen LogP contribution in [0.5, 0.6) is 5.75 Å². The minimum absolute atomic E-state index is 0.0640. The zero-order valence-corrected chi connectivity index (χ0v) is 19.8. The predicted molar refractivity (Wildman–Crippen MR) is 126 cm³/mol. The summed E-state index contributed by atoms with van der Waals surface area (Å²) in [6.07, 6.45) is 2.51. The molecule has 5 atom stereocenters. The summed E-state index contributed by atoms with van der Waals surface area (Å²) in [5.74, 6) is -0.742. The van der Waals surface area contributed by atoms with E-state index in [1.165, 1.54) is 7.11 Å². The Balaban J connectivity index is 1.34. The lowest BCUT2D eigenvalue weighted by Gasteiger charge is -2.29. The minimum Gasteiger partial charge on any atom is -0.496 e. The lowest BCUT2D eigenvalue weighted by Crippen LogP contribution is -2.53. The first-order chi connectivity index (χ1) is 16.9. The topological polar surface area (TPSA) is 130 Å². The summed E-state index contributed by atoms with van der Waals surface area (Å²) < 4.78 is 10.3. The highest BCUT2D eigenvalue weighted by molar-refractivity contribution is 6.02. The maximum absolute atomic E-state index is 13.5. The Hall–Kier alpha value is -3.56. The van der Waals surface area contributed by atoms with Crippen LogP contribution in [0.2, 0.25) is 0 Å². The summed E-state index contributed by atoms with van der Waals surface area (Å²) in [5.41, 5.74) is 1.15. The molecule has 1 aromatic heterocycles. The van der Waals surface area contributed by atoms with Crippen molar-refractivity contribution >= 4 is 34.6 Å². The summed E-state index contributed by atoms with van der Waals surface area (Å²) in [5, 5.41) is 6.40. The first kappa shape index (κ1) is 23.2. The van der Waals surface area contributed by atoms with E-state index in [1.807, 2.05) is 18.2 Å². The number of rotatable bonds is 7. The average molecular weight is 483 g/mol. The van der Waals surface area contributed by atoms with Crippen LogP contribution < -0.4 is 15.4 Å². The number of nitrogens with zero attached hydrogens (tertiary/aromatic N) is 1. The van der Waals surface area contributed by atoms with Gasteiger partial charge in [0.15, 0.2) is 0 Å². The highest BCUT2D eigenvalue weighted by Crippen LogP contribution is 2.50. The van der Waals surface area contributed by atoms with Crippen molar-refractivity contribution in [3.8, 4) is 5.75 Å². The SMILES string of the molecule is COC(=O)[C@H](C[C@@H]1CCCNC1=O)NC(=O)[C@@H]1[C@H]2C[C@H]2CN1C(=O)c1cc2c(OC)cccc2[nH]1. The number of H-pyrrole nitrogens is 1. The zero-order valence-electron chi connectivity index (χ0n) is 19.8. The Bertz CT molecular complexity index is 1180. The van der Waals surface area contributed by atoms with E-state index in [-0.39, 0.29) is 41.9 Å². The van der Waals surface area contributed by atoms with Crippen molar-refractivity contribution in [2.75, 3.05) is 27.3 Å². The van der Waals surface area contributed by atoms with E-state index in [4.69, 9.17) is 9.47 Å². The number of carbonyl (C=O) groups is 4. The van der Waals surface area contributed by atoms with Crippen LogP contribution in [0.4, 0.5) is 0 Å². The third-order valence-electron chi connectivity index (χ3n) is 7.48. The second kappa shape index (κ2) is 9.24. The molecule has 1 saturated carbocycles. The van der Waals surface area contributed by atoms with Crippen molar-refractivity contribution in [2.24, 2.45) is 17.8 Å². The van der Waals surface area contributed by atoms with Crippen LogP contribution in [0.1, 0.15) is 36.2 Å². The Kier molecular flexibility index (Phi) is 6.12. The van der Waals surface area contributed by atoms with Crippen molar-refractivity contribution in [3.05, 3.63) is 30.0 Å². The van der Waals surface area contributed by atoms with Crippen molar-refractivity contribution in [3.63, 3.8) is 0 Å². The molecule has 5 rings (SSSR count). The van der Waals surface area contributed by atoms with Crippen molar-refractivity contribution < 1.29 is 28.7 Å². The van der Waals surface area contributed by atoms with Crippen LogP contribution in [0.15, 0.2) is 24.3 Å². The van der Waals surface area contributed by atoms with Gasteiger partial charge in [-0.15, -0.1) is 0 Å². The smallest absolute Gasteiger partial charge is 0.328 e. The molecule has 10 nitrogen and oxygen atoms in total. The van der Waals surface area contributed by atoms with Crippen molar-refractivity contribution in [1.29, 1.82) is 0 Å². The van der Waals surface area contributed by atoms with E-state index in [2.05, 4.69) is 15.6 Å². The van der Waals surface area contributed by atoms with Crippen LogP contribution in [0, 0.1) is 17.8 Å². The van der Waals surface area contributed by atoms with Gasteiger partial charge in [0, 0.05) is 29.9 Å². The van der Waals surface area contributed by atoms with Crippen LogP contribution in [0.3, 0.4) is 0 Å². The molecule has 35 heavy (non-hydrogen) atoms. The molecule has 1 aromatic carbocycles. The maximum atomic E-state index is 13.5. The number of likely N-dealkylation sites (tertiary alicyclic amines) is 1. The molecule has 2 aliphatic heterocycles. The van der Waals surface area contributed by atoms with E-state index in [0.29, 0.717) is 31.0 Å². The predicted octanol–water partition coefficient (Wildman–Crippen LogP) is 1.21. The number of aromatic nitrogens is 1. The zero-order chi connectivity index (χ0) is 24.7. The number of ether oxygens (including phenoxy) is 2. The summed E-state index contributed by atoms with van der Waals surface area (Å²) >= 11 is 0. The van der Waals surface area contributed by atoms with Gasteiger partial charge in [-0.3, -0.25) is 14.4 Å². The Morgan fingerprint density at radius 1 is 1.26 bits per heavy atom. The summed E-state index contributed by atoms with van der Waals surface area (Å²) in [4.78, 5) is 56.3. The van der Waals surface area contributed by atoms with Gasteiger partial charge in [0.05, 0.1) is 14.2 Å². The lowest BCUT2D eigenvalue weighted by atomic mass is 9.91. The molecule has 1 aliphatic carbocycles. The molecule has 0 radical (unpaired) electrons. The number of methoxy groups -OCH3 is 2. The summed E-state index contributed by atoms with van der Waals surface area (Å²) in [6, 6.07) is 5.65. The van der Waals surface area contributed by atoms with Crippen LogP contribution in [-0.2, 0) is 19.1 Å². The monoisotopic (exact) mass is 482 g/mol. The molecule has 3 fully saturated rings. The highest BCUT2D eigenvalue weighted by Gasteiger charge is 2.57. The number of amides is 3. The molecular weight excluding hydrogens is 452 g/mol. The summed E-state index contributed by atoms with van der Waals surface area (Å²) in [7, 11) is 2.83.